The minimum atomic E-state index is -1.09. The van der Waals surface area contributed by atoms with Crippen molar-refractivity contribution in [2.45, 2.75) is 12.8 Å². The Morgan fingerprint density at radius 1 is 1.21 bits per heavy atom. The molecule has 1 aliphatic heterocycles. The van der Waals surface area contributed by atoms with E-state index in [1.54, 1.807) is 12.1 Å². The molecular weight excluding hydrogens is 246 g/mol. The fourth-order valence-corrected chi connectivity index (χ4v) is 2.15. The van der Waals surface area contributed by atoms with Gasteiger partial charge in [0.2, 0.25) is 0 Å². The van der Waals surface area contributed by atoms with Crippen LogP contribution in [0.4, 0.5) is 0 Å². The smallest absolute Gasteiger partial charge is 0.336 e. The van der Waals surface area contributed by atoms with Crippen LogP contribution in [0.1, 0.15) is 33.6 Å². The summed E-state index contributed by atoms with van der Waals surface area (Å²) in [4.78, 5) is 23.0. The summed E-state index contributed by atoms with van der Waals surface area (Å²) in [6.45, 7) is 2.02. The lowest BCUT2D eigenvalue weighted by Gasteiger charge is -2.22. The van der Waals surface area contributed by atoms with Gasteiger partial charge in [0.15, 0.2) is 0 Å². The summed E-state index contributed by atoms with van der Waals surface area (Å²) in [6, 6.07) is 6.24. The first-order chi connectivity index (χ1) is 9.18. The Morgan fingerprint density at radius 2 is 1.84 bits per heavy atom. The van der Waals surface area contributed by atoms with Crippen LogP contribution in [0.5, 0.6) is 0 Å². The first-order valence-electron chi connectivity index (χ1n) is 6.36. The van der Waals surface area contributed by atoms with Crippen LogP contribution >= 0.6 is 0 Å². The second-order valence-corrected chi connectivity index (χ2v) is 4.62. The summed E-state index contributed by atoms with van der Waals surface area (Å²) in [7, 11) is 0. The number of carbonyl (C=O) groups is 2. The highest BCUT2D eigenvalue weighted by Crippen LogP contribution is 2.14. The largest absolute Gasteiger partial charge is 0.478 e. The van der Waals surface area contributed by atoms with E-state index in [2.05, 4.69) is 5.32 Å². The topological polar surface area (TPSA) is 75.6 Å². The molecule has 2 rings (SSSR count). The van der Waals surface area contributed by atoms with Crippen LogP contribution in [0.15, 0.2) is 24.3 Å². The third-order valence-corrected chi connectivity index (χ3v) is 3.29. The zero-order chi connectivity index (χ0) is 13.7. The molecule has 5 heteroatoms. The third kappa shape index (κ3) is 3.54. The highest BCUT2D eigenvalue weighted by atomic mass is 16.5. The molecule has 2 N–H and O–H groups in total. The molecular formula is C14H17NO4. The summed E-state index contributed by atoms with van der Waals surface area (Å²) < 4.78 is 5.25. The van der Waals surface area contributed by atoms with E-state index in [1.807, 2.05) is 0 Å². The molecule has 1 aliphatic rings. The maximum Gasteiger partial charge on any atom is 0.336 e. The quantitative estimate of drug-likeness (QED) is 0.864. The van der Waals surface area contributed by atoms with Gasteiger partial charge in [0, 0.05) is 19.8 Å². The number of ether oxygens (including phenoxy) is 1. The lowest BCUT2D eigenvalue weighted by atomic mass is 10.00. The van der Waals surface area contributed by atoms with E-state index < -0.39 is 5.97 Å². The molecule has 1 heterocycles. The van der Waals surface area contributed by atoms with Crippen LogP contribution in [-0.4, -0.2) is 36.7 Å². The third-order valence-electron chi connectivity index (χ3n) is 3.29. The zero-order valence-corrected chi connectivity index (χ0v) is 10.6. The number of rotatable bonds is 4. The normalized spacial score (nSPS) is 16.0. The second-order valence-electron chi connectivity index (χ2n) is 4.62. The Labute approximate surface area is 111 Å². The van der Waals surface area contributed by atoms with Crippen molar-refractivity contribution in [3.8, 4) is 0 Å². The molecule has 1 aromatic carbocycles. The molecule has 1 saturated heterocycles. The van der Waals surface area contributed by atoms with E-state index in [0.29, 0.717) is 12.5 Å². The van der Waals surface area contributed by atoms with Crippen molar-refractivity contribution < 1.29 is 19.4 Å². The van der Waals surface area contributed by atoms with Crippen molar-refractivity contribution in [3.63, 3.8) is 0 Å². The highest BCUT2D eigenvalue weighted by Gasteiger charge is 2.18. The van der Waals surface area contributed by atoms with Crippen molar-refractivity contribution in [1.29, 1.82) is 0 Å². The number of carboxylic acid groups (broad SMARTS) is 1. The Kier molecular flexibility index (Phi) is 4.52. The number of carboxylic acids is 1. The highest BCUT2D eigenvalue weighted by molar-refractivity contribution is 6.04. The Morgan fingerprint density at radius 3 is 2.47 bits per heavy atom. The van der Waals surface area contributed by atoms with Gasteiger partial charge in [0.1, 0.15) is 0 Å². The van der Waals surface area contributed by atoms with E-state index in [4.69, 9.17) is 9.84 Å². The fraction of sp³-hybridized carbons (Fsp3) is 0.429. The van der Waals surface area contributed by atoms with Crippen molar-refractivity contribution in [1.82, 2.24) is 5.32 Å². The standard InChI is InChI=1S/C14H17NO4/c16-13(15-9-10-5-7-19-8-6-10)11-3-1-2-4-12(11)14(17)18/h1-4,10H,5-9H2,(H,15,16)(H,17,18). The van der Waals surface area contributed by atoms with Crippen LogP contribution in [0.3, 0.4) is 0 Å². The number of nitrogens with one attached hydrogen (secondary N) is 1. The van der Waals surface area contributed by atoms with Gasteiger partial charge >= 0.3 is 5.97 Å². The average Bonchev–Trinajstić information content (AvgIpc) is 2.46. The first kappa shape index (κ1) is 13.5. The number of benzene rings is 1. The van der Waals surface area contributed by atoms with Crippen LogP contribution in [0.2, 0.25) is 0 Å². The van der Waals surface area contributed by atoms with E-state index in [0.717, 1.165) is 26.1 Å². The molecule has 19 heavy (non-hydrogen) atoms. The Bertz CT molecular complexity index is 466. The molecule has 0 aliphatic carbocycles. The fourth-order valence-electron chi connectivity index (χ4n) is 2.15. The number of carbonyl (C=O) groups excluding carboxylic acids is 1. The molecule has 0 unspecified atom stereocenters. The van der Waals surface area contributed by atoms with E-state index in [1.165, 1.54) is 12.1 Å². The number of aromatic carboxylic acids is 1. The zero-order valence-electron chi connectivity index (χ0n) is 10.6. The Balaban J connectivity index is 1.97. The predicted octanol–water partition coefficient (Wildman–Crippen LogP) is 1.54. The van der Waals surface area contributed by atoms with Crippen LogP contribution in [0, 0.1) is 5.92 Å². The molecule has 0 radical (unpaired) electrons. The van der Waals surface area contributed by atoms with Gasteiger partial charge in [-0.15, -0.1) is 0 Å². The van der Waals surface area contributed by atoms with Crippen LogP contribution < -0.4 is 5.32 Å². The Hall–Kier alpha value is -1.88. The maximum atomic E-state index is 12.0. The van der Waals surface area contributed by atoms with Crippen molar-refractivity contribution in [3.05, 3.63) is 35.4 Å². The molecule has 1 fully saturated rings. The monoisotopic (exact) mass is 263 g/mol. The molecule has 1 aromatic rings. The lowest BCUT2D eigenvalue weighted by molar-refractivity contribution is 0.0640. The first-order valence-corrected chi connectivity index (χ1v) is 6.36. The van der Waals surface area contributed by atoms with E-state index >= 15 is 0 Å². The summed E-state index contributed by atoms with van der Waals surface area (Å²) >= 11 is 0. The van der Waals surface area contributed by atoms with Gasteiger partial charge in [-0.05, 0) is 30.9 Å². The SMILES string of the molecule is O=C(O)c1ccccc1C(=O)NCC1CCOCC1. The average molecular weight is 263 g/mol. The van der Waals surface area contributed by atoms with Gasteiger partial charge in [-0.25, -0.2) is 4.79 Å². The molecule has 102 valence electrons. The molecule has 5 nitrogen and oxygen atoms in total. The van der Waals surface area contributed by atoms with Crippen LogP contribution in [-0.2, 0) is 4.74 Å². The molecule has 1 amide bonds. The maximum absolute atomic E-state index is 12.0. The van der Waals surface area contributed by atoms with Gasteiger partial charge in [0.25, 0.3) is 5.91 Å². The predicted molar refractivity (Wildman–Crippen MR) is 69.3 cm³/mol. The van der Waals surface area contributed by atoms with Gasteiger partial charge in [0.05, 0.1) is 11.1 Å². The minimum absolute atomic E-state index is 0.0342. The number of amides is 1. The van der Waals surface area contributed by atoms with Gasteiger partial charge < -0.3 is 15.2 Å². The van der Waals surface area contributed by atoms with Gasteiger partial charge in [-0.2, -0.15) is 0 Å². The summed E-state index contributed by atoms with van der Waals surface area (Å²) in [5.41, 5.74) is 0.244. The molecule has 0 spiro atoms. The number of hydrogen-bond acceptors (Lipinski definition) is 3. The molecule has 0 bridgehead atoms. The number of hydrogen-bond donors (Lipinski definition) is 2. The van der Waals surface area contributed by atoms with Crippen molar-refractivity contribution in [2.24, 2.45) is 5.92 Å². The summed E-state index contributed by atoms with van der Waals surface area (Å²) in [5, 5.41) is 11.8. The summed E-state index contributed by atoms with van der Waals surface area (Å²) in [6.07, 6.45) is 1.86. The summed E-state index contributed by atoms with van der Waals surface area (Å²) in [5.74, 6) is -1.00. The van der Waals surface area contributed by atoms with Crippen LogP contribution in [0.25, 0.3) is 0 Å². The second kappa shape index (κ2) is 6.33. The van der Waals surface area contributed by atoms with Crippen molar-refractivity contribution in [2.75, 3.05) is 19.8 Å². The van der Waals surface area contributed by atoms with Gasteiger partial charge in [-0.1, -0.05) is 12.1 Å². The van der Waals surface area contributed by atoms with Crippen molar-refractivity contribution >= 4 is 11.9 Å². The minimum Gasteiger partial charge on any atom is -0.478 e. The van der Waals surface area contributed by atoms with E-state index in [-0.39, 0.29) is 17.0 Å². The van der Waals surface area contributed by atoms with E-state index in [9.17, 15) is 9.59 Å². The molecule has 0 atom stereocenters. The molecule has 0 aromatic heterocycles. The lowest BCUT2D eigenvalue weighted by Crippen LogP contribution is -2.32. The molecule has 0 saturated carbocycles. The van der Waals surface area contributed by atoms with Gasteiger partial charge in [-0.3, -0.25) is 4.79 Å².